The highest BCUT2D eigenvalue weighted by molar-refractivity contribution is 5.76. The number of aromatic nitrogens is 5. The van der Waals surface area contributed by atoms with E-state index in [2.05, 4.69) is 25.8 Å². The third-order valence-electron chi connectivity index (χ3n) is 4.46. The van der Waals surface area contributed by atoms with Crippen molar-refractivity contribution < 1.29 is 8.78 Å². The fourth-order valence-corrected chi connectivity index (χ4v) is 3.00. The third-order valence-corrected chi connectivity index (χ3v) is 4.46. The molecule has 0 fully saturated rings. The average molecular weight is 393 g/mol. The van der Waals surface area contributed by atoms with Crippen LogP contribution < -0.4 is 11.1 Å². The topological polar surface area (TPSA) is 94.5 Å². The number of rotatable bonds is 5. The van der Waals surface area contributed by atoms with Crippen molar-refractivity contribution >= 4 is 5.82 Å². The number of pyridine rings is 1. The van der Waals surface area contributed by atoms with Crippen molar-refractivity contribution in [3.8, 4) is 28.2 Å². The molecule has 0 atom stereocenters. The summed E-state index contributed by atoms with van der Waals surface area (Å²) in [6.07, 6.45) is 1.64. The van der Waals surface area contributed by atoms with Gasteiger partial charge in [-0.2, -0.15) is 4.68 Å². The summed E-state index contributed by atoms with van der Waals surface area (Å²) in [5, 5.41) is 14.5. The number of hydrogen-bond acceptors (Lipinski definition) is 6. The molecule has 9 heteroatoms. The van der Waals surface area contributed by atoms with Crippen LogP contribution in [0.25, 0.3) is 28.2 Å². The molecule has 4 aromatic rings. The summed E-state index contributed by atoms with van der Waals surface area (Å²) >= 11 is 0. The van der Waals surface area contributed by atoms with E-state index in [1.165, 1.54) is 12.1 Å². The third kappa shape index (κ3) is 3.55. The van der Waals surface area contributed by atoms with Gasteiger partial charge in [0, 0.05) is 18.3 Å². The van der Waals surface area contributed by atoms with Crippen LogP contribution in [0, 0.1) is 11.6 Å². The van der Waals surface area contributed by atoms with Crippen molar-refractivity contribution in [1.82, 2.24) is 30.5 Å². The quantitative estimate of drug-likeness (QED) is 0.541. The lowest BCUT2D eigenvalue weighted by Crippen LogP contribution is -2.06. The summed E-state index contributed by atoms with van der Waals surface area (Å²) in [6, 6.07) is 13.5. The van der Waals surface area contributed by atoms with Crippen LogP contribution >= 0.6 is 0 Å². The Labute approximate surface area is 165 Å². The van der Waals surface area contributed by atoms with E-state index in [1.54, 1.807) is 12.3 Å². The number of nitrogen functional groups attached to an aromatic ring is 1. The van der Waals surface area contributed by atoms with E-state index in [1.807, 2.05) is 31.3 Å². The number of hydrogen-bond donors (Lipinski definition) is 2. The van der Waals surface area contributed by atoms with Crippen molar-refractivity contribution in [2.75, 3.05) is 12.8 Å². The average Bonchev–Trinajstić information content (AvgIpc) is 3.21. The maximum absolute atomic E-state index is 14.3. The Morgan fingerprint density at radius 2 is 1.86 bits per heavy atom. The smallest absolute Gasteiger partial charge is 0.190 e. The Morgan fingerprint density at radius 3 is 2.62 bits per heavy atom. The van der Waals surface area contributed by atoms with Crippen LogP contribution in [0.4, 0.5) is 14.6 Å². The molecule has 0 saturated heterocycles. The van der Waals surface area contributed by atoms with Crippen LogP contribution in [-0.2, 0) is 6.54 Å². The molecule has 146 valence electrons. The van der Waals surface area contributed by atoms with Gasteiger partial charge in [0.05, 0.1) is 5.56 Å². The maximum Gasteiger partial charge on any atom is 0.190 e. The molecule has 0 bridgehead atoms. The van der Waals surface area contributed by atoms with E-state index in [4.69, 9.17) is 5.73 Å². The summed E-state index contributed by atoms with van der Waals surface area (Å²) in [6.45, 7) is 0.763. The zero-order valence-electron chi connectivity index (χ0n) is 15.5. The molecule has 29 heavy (non-hydrogen) atoms. The minimum Gasteiger partial charge on any atom is -0.383 e. The predicted molar refractivity (Wildman–Crippen MR) is 105 cm³/mol. The number of benzene rings is 2. The molecule has 0 saturated carbocycles. The van der Waals surface area contributed by atoms with Gasteiger partial charge in [-0.05, 0) is 46.8 Å². The zero-order chi connectivity index (χ0) is 20.4. The second kappa shape index (κ2) is 7.72. The van der Waals surface area contributed by atoms with E-state index in [0.717, 1.165) is 34.0 Å². The van der Waals surface area contributed by atoms with E-state index >= 15 is 0 Å². The summed E-state index contributed by atoms with van der Waals surface area (Å²) < 4.78 is 29.0. The van der Waals surface area contributed by atoms with Crippen molar-refractivity contribution in [2.24, 2.45) is 0 Å². The molecule has 0 aliphatic carbocycles. The SMILES string of the molecule is CNCc1ccc(-c2cnc(N)c(-c3nnnn3-c3cccc(F)c3F)c2)cc1. The largest absolute Gasteiger partial charge is 0.383 e. The Morgan fingerprint density at radius 1 is 1.07 bits per heavy atom. The van der Waals surface area contributed by atoms with Crippen molar-refractivity contribution in [1.29, 1.82) is 0 Å². The fourth-order valence-electron chi connectivity index (χ4n) is 3.00. The molecule has 0 amide bonds. The highest BCUT2D eigenvalue weighted by Gasteiger charge is 2.19. The molecular weight excluding hydrogens is 376 g/mol. The molecule has 2 heterocycles. The highest BCUT2D eigenvalue weighted by atomic mass is 19.2. The molecular formula is C20H17F2N7. The first-order valence-corrected chi connectivity index (χ1v) is 8.81. The monoisotopic (exact) mass is 393 g/mol. The lowest BCUT2D eigenvalue weighted by molar-refractivity contribution is 0.501. The van der Waals surface area contributed by atoms with Gasteiger partial charge in [0.15, 0.2) is 17.5 Å². The van der Waals surface area contributed by atoms with Gasteiger partial charge < -0.3 is 11.1 Å². The first-order valence-electron chi connectivity index (χ1n) is 8.81. The lowest BCUT2D eigenvalue weighted by atomic mass is 10.0. The Bertz CT molecular complexity index is 1160. The van der Waals surface area contributed by atoms with Crippen LogP contribution in [0.3, 0.4) is 0 Å². The fraction of sp³-hybridized carbons (Fsp3) is 0.100. The number of nitrogens with two attached hydrogens (primary N) is 1. The molecule has 0 unspecified atom stereocenters. The van der Waals surface area contributed by atoms with Crippen molar-refractivity contribution in [2.45, 2.75) is 6.54 Å². The van der Waals surface area contributed by atoms with Gasteiger partial charge in [0.2, 0.25) is 0 Å². The Kier molecular flexibility index (Phi) is 4.96. The van der Waals surface area contributed by atoms with Crippen LogP contribution in [0.2, 0.25) is 0 Å². The van der Waals surface area contributed by atoms with Gasteiger partial charge >= 0.3 is 0 Å². The van der Waals surface area contributed by atoms with Crippen LogP contribution in [0.15, 0.2) is 54.7 Å². The summed E-state index contributed by atoms with van der Waals surface area (Å²) in [5.74, 6) is -1.71. The van der Waals surface area contributed by atoms with Gasteiger partial charge in [-0.1, -0.05) is 30.3 Å². The van der Waals surface area contributed by atoms with E-state index in [0.29, 0.717) is 5.56 Å². The summed E-state index contributed by atoms with van der Waals surface area (Å²) in [4.78, 5) is 4.23. The van der Waals surface area contributed by atoms with Gasteiger partial charge in [0.25, 0.3) is 0 Å². The molecule has 2 aromatic carbocycles. The first kappa shape index (κ1) is 18.6. The molecule has 0 aliphatic heterocycles. The number of nitrogens with zero attached hydrogens (tertiary/aromatic N) is 5. The van der Waals surface area contributed by atoms with E-state index in [9.17, 15) is 8.78 Å². The number of halogens is 2. The number of anilines is 1. The number of tetrazole rings is 1. The molecule has 2 aromatic heterocycles. The second-order valence-electron chi connectivity index (χ2n) is 6.37. The standard InChI is InChI=1S/C20H17F2N7/c1-24-10-12-5-7-13(8-6-12)14-9-15(19(23)25-11-14)20-26-27-28-29(20)17-4-2-3-16(21)18(17)22/h2-9,11,24H,10H2,1H3,(H2,23,25). The molecule has 7 nitrogen and oxygen atoms in total. The summed E-state index contributed by atoms with van der Waals surface area (Å²) in [5.41, 5.74) is 9.20. The molecule has 4 rings (SSSR count). The molecule has 0 spiro atoms. The molecule has 3 N–H and O–H groups in total. The van der Waals surface area contributed by atoms with Gasteiger partial charge in [0.1, 0.15) is 11.5 Å². The normalized spacial score (nSPS) is 11.0. The molecule has 0 radical (unpaired) electrons. The van der Waals surface area contributed by atoms with Crippen LogP contribution in [0.1, 0.15) is 5.56 Å². The van der Waals surface area contributed by atoms with Gasteiger partial charge in [-0.3, -0.25) is 0 Å². The maximum atomic E-state index is 14.3. The zero-order valence-corrected chi connectivity index (χ0v) is 15.5. The van der Waals surface area contributed by atoms with Gasteiger partial charge in [-0.15, -0.1) is 5.10 Å². The molecule has 0 aliphatic rings. The number of nitrogens with one attached hydrogen (secondary N) is 1. The van der Waals surface area contributed by atoms with Crippen LogP contribution in [-0.4, -0.2) is 32.2 Å². The second-order valence-corrected chi connectivity index (χ2v) is 6.37. The highest BCUT2D eigenvalue weighted by Crippen LogP contribution is 2.30. The van der Waals surface area contributed by atoms with Crippen molar-refractivity contribution in [3.05, 3.63) is 71.9 Å². The van der Waals surface area contributed by atoms with E-state index in [-0.39, 0.29) is 17.3 Å². The predicted octanol–water partition coefficient (Wildman–Crippen LogP) is 2.97. The summed E-state index contributed by atoms with van der Waals surface area (Å²) in [7, 11) is 1.88. The Balaban J connectivity index is 1.78. The minimum absolute atomic E-state index is 0.119. The van der Waals surface area contributed by atoms with Crippen LogP contribution in [0.5, 0.6) is 0 Å². The lowest BCUT2D eigenvalue weighted by Gasteiger charge is -2.10. The van der Waals surface area contributed by atoms with Gasteiger partial charge in [-0.25, -0.2) is 13.8 Å². The minimum atomic E-state index is -1.05. The first-order chi connectivity index (χ1) is 14.1. The van der Waals surface area contributed by atoms with Crippen molar-refractivity contribution in [3.63, 3.8) is 0 Å². The Hall–Kier alpha value is -3.72. The van der Waals surface area contributed by atoms with E-state index < -0.39 is 11.6 Å².